The highest BCUT2D eigenvalue weighted by atomic mass is 79.9. The van der Waals surface area contributed by atoms with Crippen molar-refractivity contribution in [3.05, 3.63) is 113 Å². The maximum Gasteiger partial charge on any atom is 0.308 e. The molecule has 4 aromatic carbocycles. The van der Waals surface area contributed by atoms with Gasteiger partial charge in [-0.05, 0) is 135 Å². The Labute approximate surface area is 304 Å². The van der Waals surface area contributed by atoms with E-state index in [2.05, 4.69) is 104 Å². The lowest BCUT2D eigenvalue weighted by molar-refractivity contribution is -0.132. The second kappa shape index (κ2) is 16.0. The molecule has 0 radical (unpaired) electrons. The molecule has 0 aromatic heterocycles. The molecule has 4 rings (SSSR count). The molecule has 0 saturated heterocycles. The van der Waals surface area contributed by atoms with Crippen LogP contribution in [0.25, 0.3) is 0 Å². The summed E-state index contributed by atoms with van der Waals surface area (Å²) in [4.78, 5) is 22.2. The SMILES string of the molecule is COc1c(Br)cc(C(C)(C)c2cc(Br)c(OC(C)=O)c(Br)c2)cc1Br.COc1ccc(C(C)(C)c2ccc(OC(C)=O)cc2)cc1. The molecule has 0 atom stereocenters. The van der Waals surface area contributed by atoms with Gasteiger partial charge >= 0.3 is 11.9 Å². The lowest BCUT2D eigenvalue weighted by Gasteiger charge is -2.28. The number of hydrogen-bond donors (Lipinski definition) is 0. The molecule has 0 unspecified atom stereocenters. The first-order valence-corrected chi connectivity index (χ1v) is 17.3. The zero-order valence-corrected chi connectivity index (χ0v) is 33.2. The van der Waals surface area contributed by atoms with Crippen LogP contribution in [0.15, 0.2) is 90.7 Å². The molecular weight excluding hydrogens is 848 g/mol. The van der Waals surface area contributed by atoms with E-state index >= 15 is 0 Å². The van der Waals surface area contributed by atoms with E-state index in [9.17, 15) is 9.59 Å². The molecule has 244 valence electrons. The Bertz CT molecular complexity index is 1650. The average Bonchev–Trinajstić information content (AvgIpc) is 2.99. The zero-order valence-electron chi connectivity index (χ0n) is 26.9. The predicted molar refractivity (Wildman–Crippen MR) is 197 cm³/mol. The monoisotopic (exact) mass is 880 g/mol. The number of halogens is 4. The van der Waals surface area contributed by atoms with Gasteiger partial charge in [0.25, 0.3) is 0 Å². The largest absolute Gasteiger partial charge is 0.497 e. The first-order valence-electron chi connectivity index (χ1n) is 14.2. The molecular formula is C36H36Br4O6. The number of carbonyl (C=O) groups is 2. The third-order valence-electron chi connectivity index (χ3n) is 7.54. The number of hydrogen-bond acceptors (Lipinski definition) is 6. The maximum atomic E-state index is 11.3. The second-order valence-electron chi connectivity index (χ2n) is 11.4. The Kier molecular flexibility index (Phi) is 13.1. The third-order valence-corrected chi connectivity index (χ3v) is 9.90. The zero-order chi connectivity index (χ0) is 34.4. The van der Waals surface area contributed by atoms with Gasteiger partial charge in [-0.2, -0.15) is 0 Å². The van der Waals surface area contributed by atoms with Crippen LogP contribution < -0.4 is 18.9 Å². The smallest absolute Gasteiger partial charge is 0.308 e. The number of carbonyl (C=O) groups excluding carboxylic acids is 2. The Hall–Kier alpha value is -2.66. The fraction of sp³-hybridized carbons (Fsp3) is 0.278. The van der Waals surface area contributed by atoms with Crippen LogP contribution in [0.5, 0.6) is 23.0 Å². The number of benzene rings is 4. The van der Waals surface area contributed by atoms with Gasteiger partial charge in [0.1, 0.15) is 17.2 Å². The van der Waals surface area contributed by atoms with Crippen LogP contribution in [0.2, 0.25) is 0 Å². The van der Waals surface area contributed by atoms with E-state index in [1.54, 1.807) is 14.2 Å². The predicted octanol–water partition coefficient (Wildman–Crippen LogP) is 10.9. The molecule has 6 nitrogen and oxygen atoms in total. The van der Waals surface area contributed by atoms with Crippen LogP contribution >= 0.6 is 63.7 Å². The summed E-state index contributed by atoms with van der Waals surface area (Å²) in [5.41, 5.74) is 4.09. The van der Waals surface area contributed by atoms with Crippen molar-refractivity contribution < 1.29 is 28.5 Å². The molecule has 0 aliphatic heterocycles. The van der Waals surface area contributed by atoms with Crippen LogP contribution in [-0.4, -0.2) is 26.2 Å². The molecule has 0 saturated carbocycles. The molecule has 4 aromatic rings. The summed E-state index contributed by atoms with van der Waals surface area (Å²) in [6.07, 6.45) is 0. The second-order valence-corrected chi connectivity index (χ2v) is 14.8. The highest BCUT2D eigenvalue weighted by Crippen LogP contribution is 2.44. The Morgan fingerprint density at radius 2 is 0.848 bits per heavy atom. The van der Waals surface area contributed by atoms with Crippen molar-refractivity contribution in [2.24, 2.45) is 0 Å². The van der Waals surface area contributed by atoms with E-state index in [1.807, 2.05) is 60.7 Å². The number of esters is 2. The summed E-state index contributed by atoms with van der Waals surface area (Å²) in [6.45, 7) is 11.4. The van der Waals surface area contributed by atoms with Crippen molar-refractivity contribution in [2.75, 3.05) is 14.2 Å². The van der Waals surface area contributed by atoms with Crippen LogP contribution in [-0.2, 0) is 20.4 Å². The average molecular weight is 884 g/mol. The Morgan fingerprint density at radius 1 is 0.500 bits per heavy atom. The van der Waals surface area contributed by atoms with E-state index in [4.69, 9.17) is 18.9 Å². The summed E-state index contributed by atoms with van der Waals surface area (Å²) < 4.78 is 24.1. The first kappa shape index (κ1) is 37.8. The van der Waals surface area contributed by atoms with Crippen molar-refractivity contribution in [2.45, 2.75) is 52.4 Å². The molecule has 0 aliphatic carbocycles. The van der Waals surface area contributed by atoms with Gasteiger partial charge in [-0.3, -0.25) is 9.59 Å². The van der Waals surface area contributed by atoms with Crippen LogP contribution in [0.4, 0.5) is 0 Å². The molecule has 0 spiro atoms. The molecule has 46 heavy (non-hydrogen) atoms. The van der Waals surface area contributed by atoms with Gasteiger partial charge < -0.3 is 18.9 Å². The van der Waals surface area contributed by atoms with Crippen molar-refractivity contribution in [1.82, 2.24) is 0 Å². The third kappa shape index (κ3) is 9.24. The van der Waals surface area contributed by atoms with Crippen LogP contribution in [0.3, 0.4) is 0 Å². The van der Waals surface area contributed by atoms with Gasteiger partial charge in [0.05, 0.1) is 32.1 Å². The van der Waals surface area contributed by atoms with Crippen molar-refractivity contribution in [3.8, 4) is 23.0 Å². The summed E-state index contributed by atoms with van der Waals surface area (Å²) in [5.74, 6) is 1.97. The van der Waals surface area contributed by atoms with Gasteiger partial charge in [0.2, 0.25) is 0 Å². The Balaban J connectivity index is 0.000000254. The maximum absolute atomic E-state index is 11.3. The van der Waals surface area contributed by atoms with Crippen molar-refractivity contribution in [3.63, 3.8) is 0 Å². The molecule has 0 heterocycles. The first-order chi connectivity index (χ1) is 21.5. The van der Waals surface area contributed by atoms with E-state index in [0.717, 1.165) is 37.1 Å². The van der Waals surface area contributed by atoms with Crippen LogP contribution in [0, 0.1) is 0 Å². The Morgan fingerprint density at radius 3 is 1.20 bits per heavy atom. The summed E-state index contributed by atoms with van der Waals surface area (Å²) >= 11 is 14.1. The number of rotatable bonds is 8. The van der Waals surface area contributed by atoms with Gasteiger partial charge in [-0.1, -0.05) is 52.0 Å². The van der Waals surface area contributed by atoms with E-state index in [1.165, 1.54) is 19.4 Å². The lowest BCUT2D eigenvalue weighted by atomic mass is 9.78. The minimum atomic E-state index is -0.364. The highest BCUT2D eigenvalue weighted by Gasteiger charge is 2.28. The van der Waals surface area contributed by atoms with Crippen molar-refractivity contribution in [1.29, 1.82) is 0 Å². The lowest BCUT2D eigenvalue weighted by Crippen LogP contribution is -2.19. The van der Waals surface area contributed by atoms with Gasteiger partial charge in [0, 0.05) is 24.7 Å². The van der Waals surface area contributed by atoms with Gasteiger partial charge in [-0.25, -0.2) is 0 Å². The fourth-order valence-electron chi connectivity index (χ4n) is 4.72. The van der Waals surface area contributed by atoms with E-state index in [0.29, 0.717) is 20.4 Å². The topological polar surface area (TPSA) is 71.1 Å². The fourth-order valence-corrected chi connectivity index (χ4v) is 7.58. The molecule has 0 amide bonds. The van der Waals surface area contributed by atoms with Gasteiger partial charge in [-0.15, -0.1) is 0 Å². The molecule has 0 N–H and O–H groups in total. The van der Waals surface area contributed by atoms with E-state index < -0.39 is 0 Å². The summed E-state index contributed by atoms with van der Waals surface area (Å²) in [7, 11) is 3.30. The number of ether oxygens (including phenoxy) is 4. The molecule has 0 bridgehead atoms. The van der Waals surface area contributed by atoms with E-state index in [-0.39, 0.29) is 22.8 Å². The minimum Gasteiger partial charge on any atom is -0.497 e. The quantitative estimate of drug-likeness (QED) is 0.130. The highest BCUT2D eigenvalue weighted by molar-refractivity contribution is 9.11. The summed E-state index contributed by atoms with van der Waals surface area (Å²) in [5, 5.41) is 0. The van der Waals surface area contributed by atoms with Gasteiger partial charge in [0.15, 0.2) is 5.75 Å². The van der Waals surface area contributed by atoms with Crippen molar-refractivity contribution >= 4 is 75.7 Å². The molecule has 0 aliphatic rings. The van der Waals surface area contributed by atoms with Crippen LogP contribution in [0.1, 0.15) is 63.8 Å². The number of methoxy groups -OCH3 is 2. The molecule has 10 heteroatoms. The summed E-state index contributed by atoms with van der Waals surface area (Å²) in [6, 6.07) is 23.7. The minimum absolute atomic E-state index is 0.138. The standard InChI is InChI=1S/C18H16Br4O3.C18H20O3/c1-9(23)25-17-14(21)7-11(8-15(17)22)18(2,3)10-5-12(19)16(24-4)13(20)6-10;1-13(19)21-17-11-7-15(8-12-17)18(2,3)14-5-9-16(20-4)10-6-14/h5-8H,1-4H3;5-12H,1-4H3. The normalized spacial score (nSPS) is 11.2. The molecule has 0 fully saturated rings.